The summed E-state index contributed by atoms with van der Waals surface area (Å²) in [4.78, 5) is 20.4. The zero-order chi connectivity index (χ0) is 8.53. The van der Waals surface area contributed by atoms with Gasteiger partial charge in [0.25, 0.3) is 0 Å². The van der Waals surface area contributed by atoms with Crippen molar-refractivity contribution in [1.29, 1.82) is 0 Å². The third-order valence-corrected chi connectivity index (χ3v) is 1.01. The molecule has 2 amide bonds. The average Bonchev–Trinajstić information content (AvgIpc) is 2.01. The third kappa shape index (κ3) is 6.79. The van der Waals surface area contributed by atoms with Crippen LogP contribution in [-0.4, -0.2) is 37.1 Å². The topological polar surface area (TPSA) is 78.4 Å². The summed E-state index contributed by atoms with van der Waals surface area (Å²) in [5, 5.41) is 13.1. The summed E-state index contributed by atoms with van der Waals surface area (Å²) in [6, 6.07) is 0. The van der Waals surface area contributed by atoms with Gasteiger partial charge in [0.05, 0.1) is 6.61 Å². The van der Waals surface area contributed by atoms with Gasteiger partial charge in [-0.15, -0.1) is 0 Å². The highest BCUT2D eigenvalue weighted by Crippen LogP contribution is 1.74. The van der Waals surface area contributed by atoms with Crippen LogP contribution in [0, 0.1) is 0 Å². The second kappa shape index (κ2) is 7.01. The van der Waals surface area contributed by atoms with Crippen LogP contribution in [0.25, 0.3) is 0 Å². The molecule has 5 heteroatoms. The molecule has 5 nitrogen and oxygen atoms in total. The van der Waals surface area contributed by atoms with E-state index in [9.17, 15) is 9.59 Å². The molecule has 0 aromatic heterocycles. The molecule has 0 aliphatic rings. The predicted octanol–water partition coefficient (Wildman–Crippen LogP) is -1.77. The molecule has 0 aliphatic carbocycles. The van der Waals surface area contributed by atoms with Crippen LogP contribution in [0.2, 0.25) is 0 Å². The van der Waals surface area contributed by atoms with Crippen molar-refractivity contribution < 1.29 is 14.7 Å². The summed E-state index contributed by atoms with van der Waals surface area (Å²) < 4.78 is 0. The molecule has 0 heterocycles. The number of carbonyl (C=O) groups is 2. The maximum absolute atomic E-state index is 10.7. The van der Waals surface area contributed by atoms with E-state index in [0.29, 0.717) is 13.0 Å². The fourth-order valence-corrected chi connectivity index (χ4v) is 0.528. The summed E-state index contributed by atoms with van der Waals surface area (Å²) >= 11 is 0. The molecule has 0 aromatic rings. The Morgan fingerprint density at radius 2 is 2.18 bits per heavy atom. The van der Waals surface area contributed by atoms with Crippen LogP contribution in [0.4, 0.5) is 0 Å². The first-order chi connectivity index (χ1) is 5.31. The average molecular weight is 160 g/mol. The first kappa shape index (κ1) is 9.90. The van der Waals surface area contributed by atoms with Gasteiger partial charge in [-0.2, -0.15) is 0 Å². The molecule has 0 spiro atoms. The van der Waals surface area contributed by atoms with Gasteiger partial charge in [0, 0.05) is 19.5 Å². The van der Waals surface area contributed by atoms with Crippen LogP contribution < -0.4 is 10.6 Å². The molecule has 64 valence electrons. The lowest BCUT2D eigenvalue weighted by molar-refractivity contribution is -0.121. The summed E-state index contributed by atoms with van der Waals surface area (Å²) in [6.07, 6.45) is 0.790. The summed E-state index contributed by atoms with van der Waals surface area (Å²) in [5.74, 6) is -0.173. The van der Waals surface area contributed by atoms with Gasteiger partial charge in [-0.05, 0) is 0 Å². The molecule has 0 saturated heterocycles. The Kier molecular flexibility index (Phi) is 6.31. The van der Waals surface area contributed by atoms with E-state index in [-0.39, 0.29) is 25.5 Å². The number of hydrogen-bond donors (Lipinski definition) is 3. The highest BCUT2D eigenvalue weighted by atomic mass is 16.3. The standard InChI is InChI=1S/C6H12N2O3/c9-4-3-8-6(11)1-2-7-5-10/h5,9H,1-4H2,(H,7,10)(H,8,11). The Balaban J connectivity index is 3.15. The quantitative estimate of drug-likeness (QED) is 0.318. The van der Waals surface area contributed by atoms with Gasteiger partial charge in [0.1, 0.15) is 0 Å². The van der Waals surface area contributed by atoms with Crippen LogP contribution in [0.1, 0.15) is 6.42 Å². The van der Waals surface area contributed by atoms with Gasteiger partial charge in [0.2, 0.25) is 12.3 Å². The first-order valence-corrected chi connectivity index (χ1v) is 3.36. The minimum absolute atomic E-state index is 0.0626. The Morgan fingerprint density at radius 3 is 2.73 bits per heavy atom. The number of aliphatic hydroxyl groups excluding tert-OH is 1. The van der Waals surface area contributed by atoms with E-state index < -0.39 is 0 Å². The van der Waals surface area contributed by atoms with Gasteiger partial charge in [-0.25, -0.2) is 0 Å². The molecule has 11 heavy (non-hydrogen) atoms. The minimum atomic E-state index is -0.173. The van der Waals surface area contributed by atoms with Crippen molar-refractivity contribution in [2.75, 3.05) is 19.7 Å². The Labute approximate surface area is 64.8 Å². The number of amides is 2. The van der Waals surface area contributed by atoms with E-state index in [4.69, 9.17) is 5.11 Å². The van der Waals surface area contributed by atoms with E-state index in [1.807, 2.05) is 0 Å². The fraction of sp³-hybridized carbons (Fsp3) is 0.667. The van der Waals surface area contributed by atoms with Gasteiger partial charge >= 0.3 is 0 Å². The summed E-state index contributed by atoms with van der Waals surface area (Å²) in [6.45, 7) is 0.535. The smallest absolute Gasteiger partial charge is 0.221 e. The lowest BCUT2D eigenvalue weighted by Gasteiger charge is -2.01. The first-order valence-electron chi connectivity index (χ1n) is 3.36. The molecule has 0 fully saturated rings. The molecule has 0 bridgehead atoms. The lowest BCUT2D eigenvalue weighted by atomic mass is 10.4. The van der Waals surface area contributed by atoms with E-state index in [2.05, 4.69) is 10.6 Å². The number of nitrogens with one attached hydrogen (secondary N) is 2. The van der Waals surface area contributed by atoms with Gasteiger partial charge in [0.15, 0.2) is 0 Å². The number of rotatable bonds is 6. The van der Waals surface area contributed by atoms with Crippen LogP contribution in [-0.2, 0) is 9.59 Å². The van der Waals surface area contributed by atoms with Gasteiger partial charge < -0.3 is 15.7 Å². The highest BCUT2D eigenvalue weighted by molar-refractivity contribution is 5.76. The monoisotopic (exact) mass is 160 g/mol. The SMILES string of the molecule is O=CNCCC(=O)NCCO. The normalized spacial score (nSPS) is 8.82. The van der Waals surface area contributed by atoms with Crippen molar-refractivity contribution in [1.82, 2.24) is 10.6 Å². The highest BCUT2D eigenvalue weighted by Gasteiger charge is 1.97. The second-order valence-corrected chi connectivity index (χ2v) is 1.90. The van der Waals surface area contributed by atoms with Gasteiger partial charge in [-0.3, -0.25) is 9.59 Å². The minimum Gasteiger partial charge on any atom is -0.395 e. The molecular weight excluding hydrogens is 148 g/mol. The van der Waals surface area contributed by atoms with Crippen LogP contribution in [0.3, 0.4) is 0 Å². The van der Waals surface area contributed by atoms with Crippen molar-refractivity contribution in [3.63, 3.8) is 0 Å². The van der Waals surface area contributed by atoms with E-state index in [1.54, 1.807) is 0 Å². The molecule has 0 atom stereocenters. The third-order valence-electron chi connectivity index (χ3n) is 1.01. The van der Waals surface area contributed by atoms with Crippen molar-refractivity contribution in [2.24, 2.45) is 0 Å². The second-order valence-electron chi connectivity index (χ2n) is 1.90. The molecule has 0 radical (unpaired) electrons. The van der Waals surface area contributed by atoms with E-state index in [1.165, 1.54) is 0 Å². The number of aliphatic hydroxyl groups is 1. The van der Waals surface area contributed by atoms with E-state index in [0.717, 1.165) is 0 Å². The van der Waals surface area contributed by atoms with E-state index >= 15 is 0 Å². The molecule has 0 aromatic carbocycles. The summed E-state index contributed by atoms with van der Waals surface area (Å²) in [5.41, 5.74) is 0. The largest absolute Gasteiger partial charge is 0.395 e. The zero-order valence-electron chi connectivity index (χ0n) is 6.17. The number of carbonyl (C=O) groups excluding carboxylic acids is 2. The fourth-order valence-electron chi connectivity index (χ4n) is 0.528. The Morgan fingerprint density at radius 1 is 1.45 bits per heavy atom. The molecule has 0 rings (SSSR count). The van der Waals surface area contributed by atoms with Gasteiger partial charge in [-0.1, -0.05) is 0 Å². The van der Waals surface area contributed by atoms with Crippen LogP contribution in [0.15, 0.2) is 0 Å². The molecule has 0 unspecified atom stereocenters. The van der Waals surface area contributed by atoms with Crippen LogP contribution in [0.5, 0.6) is 0 Å². The molecule has 0 saturated carbocycles. The molecule has 3 N–H and O–H groups in total. The van der Waals surface area contributed by atoms with Crippen molar-refractivity contribution in [3.8, 4) is 0 Å². The number of hydrogen-bond acceptors (Lipinski definition) is 3. The van der Waals surface area contributed by atoms with Crippen molar-refractivity contribution >= 4 is 12.3 Å². The summed E-state index contributed by atoms with van der Waals surface area (Å²) in [7, 11) is 0. The van der Waals surface area contributed by atoms with Crippen LogP contribution >= 0.6 is 0 Å². The zero-order valence-corrected chi connectivity index (χ0v) is 6.17. The van der Waals surface area contributed by atoms with Crippen molar-refractivity contribution in [3.05, 3.63) is 0 Å². The predicted molar refractivity (Wildman–Crippen MR) is 38.8 cm³/mol. The molecule has 0 aliphatic heterocycles. The lowest BCUT2D eigenvalue weighted by Crippen LogP contribution is -2.29. The Bertz CT molecular complexity index is 127. The van der Waals surface area contributed by atoms with Crippen molar-refractivity contribution in [2.45, 2.75) is 6.42 Å². The Hall–Kier alpha value is -1.10. The maximum Gasteiger partial charge on any atom is 0.221 e. The maximum atomic E-state index is 10.7. The molecular formula is C6H12N2O3.